The lowest BCUT2D eigenvalue weighted by Crippen LogP contribution is -2.52. The molecule has 1 fully saturated rings. The van der Waals surface area contributed by atoms with Gasteiger partial charge in [-0.2, -0.15) is 0 Å². The van der Waals surface area contributed by atoms with Gasteiger partial charge in [-0.1, -0.05) is 49.6 Å². The summed E-state index contributed by atoms with van der Waals surface area (Å²) in [7, 11) is -2.16. The zero-order valence-corrected chi connectivity index (χ0v) is 37.9. The zero-order chi connectivity index (χ0) is 45.5. The standard InChI is InChI=1S/C48H53N3O11S2/c1-4-61-41-25-32(18-23-40(41)60-2)39(29-64(3,58)59)51-47(56)35-14-10-12-31(44(35)48(51)57)17-19-33(52)13-9-7-5-6-8-11-30-15-20-34(21-16-30)62-27-42-36-26-50(46(55)37(36)28-63-42)38-22-24-43(53)49-45(38)54/h10,12,14-16,18,20-21,23,25,28,38-39H,4-9,11,13,17,19,22,24,26-27,29H2,1-3H3,(H,49,53,54)/t38?,39-/m1/s1. The molecule has 7 rings (SSSR count). The number of Topliss-reactive ketones (excluding diaryl/α,β-unsaturated/α-hetero) is 1. The van der Waals surface area contributed by atoms with Gasteiger partial charge in [-0.05, 0) is 86.1 Å². The van der Waals surface area contributed by atoms with E-state index < -0.39 is 45.4 Å². The summed E-state index contributed by atoms with van der Waals surface area (Å²) >= 11 is 1.47. The number of thiophene rings is 1. The fraction of sp³-hybridized carbons (Fsp3) is 0.417. The number of benzene rings is 3. The number of methoxy groups -OCH3 is 1. The van der Waals surface area contributed by atoms with Gasteiger partial charge in [0.1, 0.15) is 34.0 Å². The van der Waals surface area contributed by atoms with Crippen LogP contribution in [-0.2, 0) is 50.2 Å². The normalized spacial score (nSPS) is 16.5. The fourth-order valence-electron chi connectivity index (χ4n) is 8.65. The number of ketones is 1. The average Bonchev–Trinajstić information content (AvgIpc) is 3.90. The summed E-state index contributed by atoms with van der Waals surface area (Å²) in [5.74, 6) is -0.971. The van der Waals surface area contributed by atoms with Crippen LogP contribution in [0.25, 0.3) is 0 Å². The average molecular weight is 912 g/mol. The van der Waals surface area contributed by atoms with E-state index in [1.54, 1.807) is 48.2 Å². The van der Waals surface area contributed by atoms with Gasteiger partial charge in [0.2, 0.25) is 11.8 Å². The molecular formula is C48H53N3O11S2. The van der Waals surface area contributed by atoms with E-state index in [1.165, 1.54) is 24.0 Å². The molecule has 4 aromatic rings. The minimum atomic E-state index is -3.65. The van der Waals surface area contributed by atoms with Crippen molar-refractivity contribution in [3.8, 4) is 17.2 Å². The number of piperidine rings is 1. The second kappa shape index (κ2) is 20.3. The van der Waals surface area contributed by atoms with Crippen molar-refractivity contribution in [3.05, 3.63) is 110 Å². The summed E-state index contributed by atoms with van der Waals surface area (Å²) in [5.41, 5.74) is 4.07. The minimum Gasteiger partial charge on any atom is -0.493 e. The third-order valence-electron chi connectivity index (χ3n) is 12.0. The number of aryl methyl sites for hydroxylation is 2. The molecule has 1 unspecified atom stereocenters. The molecule has 64 heavy (non-hydrogen) atoms. The topological polar surface area (TPSA) is 183 Å². The Morgan fingerprint density at radius 3 is 2.36 bits per heavy atom. The lowest BCUT2D eigenvalue weighted by molar-refractivity contribution is -0.137. The lowest BCUT2D eigenvalue weighted by Gasteiger charge is -2.29. The number of unbranched alkanes of at least 4 members (excludes halogenated alkanes) is 4. The van der Waals surface area contributed by atoms with Gasteiger partial charge in [0, 0.05) is 47.9 Å². The Labute approximate surface area is 377 Å². The Kier molecular flexibility index (Phi) is 14.6. The maximum atomic E-state index is 14.0. The number of nitrogens with zero attached hydrogens (tertiary/aromatic N) is 2. The molecule has 16 heteroatoms. The molecule has 3 aliphatic rings. The molecule has 4 heterocycles. The Bertz CT molecular complexity index is 2550. The zero-order valence-electron chi connectivity index (χ0n) is 36.3. The maximum absolute atomic E-state index is 14.0. The summed E-state index contributed by atoms with van der Waals surface area (Å²) in [6, 6.07) is 16.1. The molecule has 3 aromatic carbocycles. The molecular weight excluding hydrogens is 859 g/mol. The van der Waals surface area contributed by atoms with Gasteiger partial charge in [0.25, 0.3) is 17.7 Å². The highest BCUT2D eigenvalue weighted by Gasteiger charge is 2.44. The van der Waals surface area contributed by atoms with Gasteiger partial charge in [-0.15, -0.1) is 11.3 Å². The highest BCUT2D eigenvalue weighted by molar-refractivity contribution is 7.90. The number of imide groups is 2. The van der Waals surface area contributed by atoms with Crippen molar-refractivity contribution in [1.82, 2.24) is 15.1 Å². The monoisotopic (exact) mass is 911 g/mol. The summed E-state index contributed by atoms with van der Waals surface area (Å²) in [5, 5.41) is 4.15. The van der Waals surface area contributed by atoms with Gasteiger partial charge >= 0.3 is 0 Å². The summed E-state index contributed by atoms with van der Waals surface area (Å²) < 4.78 is 42.4. The molecule has 0 bridgehead atoms. The molecule has 2 atom stereocenters. The molecule has 0 aliphatic carbocycles. The van der Waals surface area contributed by atoms with Crippen molar-refractivity contribution < 1.29 is 51.4 Å². The van der Waals surface area contributed by atoms with Crippen LogP contribution in [0.1, 0.15) is 129 Å². The number of nitrogens with one attached hydrogen (secondary N) is 1. The number of carbonyl (C=O) groups excluding carboxylic acids is 6. The molecule has 3 aliphatic heterocycles. The molecule has 5 amide bonds. The van der Waals surface area contributed by atoms with E-state index in [4.69, 9.17) is 14.2 Å². The molecule has 1 aromatic heterocycles. The Morgan fingerprint density at radius 1 is 0.859 bits per heavy atom. The van der Waals surface area contributed by atoms with Crippen LogP contribution in [0.5, 0.6) is 17.2 Å². The van der Waals surface area contributed by atoms with E-state index in [-0.39, 0.29) is 48.0 Å². The highest BCUT2D eigenvalue weighted by Crippen LogP contribution is 2.38. The van der Waals surface area contributed by atoms with Crippen molar-refractivity contribution in [2.24, 2.45) is 0 Å². The van der Waals surface area contributed by atoms with E-state index in [0.717, 1.165) is 65.9 Å². The number of rotatable bonds is 22. The van der Waals surface area contributed by atoms with Gasteiger partial charge < -0.3 is 19.1 Å². The first-order valence-electron chi connectivity index (χ1n) is 21.7. The van der Waals surface area contributed by atoms with Crippen molar-refractivity contribution in [1.29, 1.82) is 0 Å². The van der Waals surface area contributed by atoms with Crippen LogP contribution in [0.15, 0.2) is 66.0 Å². The van der Waals surface area contributed by atoms with Crippen LogP contribution in [0, 0.1) is 0 Å². The molecule has 14 nitrogen and oxygen atoms in total. The number of amides is 5. The number of carbonyl (C=O) groups is 6. The summed E-state index contributed by atoms with van der Waals surface area (Å²) in [6.45, 7) is 2.76. The third-order valence-corrected chi connectivity index (χ3v) is 13.9. The first kappa shape index (κ1) is 46.1. The molecule has 0 spiro atoms. The van der Waals surface area contributed by atoms with Crippen LogP contribution < -0.4 is 19.5 Å². The van der Waals surface area contributed by atoms with E-state index in [9.17, 15) is 37.2 Å². The molecule has 1 saturated heterocycles. The van der Waals surface area contributed by atoms with Crippen LogP contribution >= 0.6 is 11.3 Å². The van der Waals surface area contributed by atoms with Gasteiger partial charge in [-0.3, -0.25) is 39.0 Å². The van der Waals surface area contributed by atoms with Crippen LogP contribution in [-0.4, -0.2) is 85.3 Å². The van der Waals surface area contributed by atoms with E-state index >= 15 is 0 Å². The largest absolute Gasteiger partial charge is 0.493 e. The first-order chi connectivity index (χ1) is 30.8. The molecule has 0 saturated carbocycles. The summed E-state index contributed by atoms with van der Waals surface area (Å²) in [6.07, 6.45) is 8.16. The predicted molar refractivity (Wildman–Crippen MR) is 239 cm³/mol. The highest BCUT2D eigenvalue weighted by atomic mass is 32.2. The lowest BCUT2D eigenvalue weighted by atomic mass is 9.97. The van der Waals surface area contributed by atoms with Crippen LogP contribution in [0.4, 0.5) is 0 Å². The molecule has 0 radical (unpaired) electrons. The second-order valence-corrected chi connectivity index (χ2v) is 19.6. The van der Waals surface area contributed by atoms with Crippen molar-refractivity contribution >= 4 is 56.5 Å². The second-order valence-electron chi connectivity index (χ2n) is 16.5. The number of hydrogen-bond donors (Lipinski definition) is 1. The number of fused-ring (bicyclic) bond motifs is 2. The SMILES string of the molecule is CCOc1cc([C@@H](CS(C)(=O)=O)N2C(=O)c3cccc(CCC(=O)CCCCCCCc4ccc(OCc5scc6c5CN(C5CCC(=O)NC5=O)C6=O)cc4)c3C2=O)ccc1OC. The van der Waals surface area contributed by atoms with Crippen molar-refractivity contribution in [2.75, 3.05) is 25.7 Å². The quantitative estimate of drug-likeness (QED) is 0.0636. The fourth-order valence-corrected chi connectivity index (χ4v) is 10.5. The van der Waals surface area contributed by atoms with Gasteiger partial charge in [0.05, 0.1) is 42.2 Å². The van der Waals surface area contributed by atoms with Crippen LogP contribution in [0.2, 0.25) is 0 Å². The van der Waals surface area contributed by atoms with Crippen LogP contribution in [0.3, 0.4) is 0 Å². The number of ether oxygens (including phenoxy) is 3. The van der Waals surface area contributed by atoms with E-state index in [1.807, 2.05) is 17.5 Å². The van der Waals surface area contributed by atoms with Crippen molar-refractivity contribution in [3.63, 3.8) is 0 Å². The smallest absolute Gasteiger partial charge is 0.262 e. The van der Waals surface area contributed by atoms with E-state index in [2.05, 4.69) is 17.4 Å². The van der Waals surface area contributed by atoms with E-state index in [0.29, 0.717) is 60.8 Å². The third kappa shape index (κ3) is 10.6. The number of hydrogen-bond acceptors (Lipinski definition) is 12. The van der Waals surface area contributed by atoms with Gasteiger partial charge in [0.15, 0.2) is 11.5 Å². The predicted octanol–water partition coefficient (Wildman–Crippen LogP) is 6.96. The van der Waals surface area contributed by atoms with Gasteiger partial charge in [-0.25, -0.2) is 8.42 Å². The number of sulfone groups is 1. The molecule has 338 valence electrons. The molecule has 1 N–H and O–H groups in total. The summed E-state index contributed by atoms with van der Waals surface area (Å²) in [4.78, 5) is 81.3. The maximum Gasteiger partial charge on any atom is 0.262 e. The minimum absolute atomic E-state index is 0.0799. The van der Waals surface area contributed by atoms with Crippen molar-refractivity contribution in [2.45, 2.75) is 103 Å². The Balaban J connectivity index is 0.826. The first-order valence-corrected chi connectivity index (χ1v) is 24.7. The Hall–Kier alpha value is -5.87. The Morgan fingerprint density at radius 2 is 1.62 bits per heavy atom.